The average molecular weight is 262 g/mol. The van der Waals surface area contributed by atoms with E-state index >= 15 is 0 Å². The largest absolute Gasteiger partial charge is 0.871 e. The minimum atomic E-state index is -0.149. The molecular formula is C16H10N2O2-2. The number of aromatic amines is 2. The maximum atomic E-state index is 12.4. The van der Waals surface area contributed by atoms with E-state index in [-0.39, 0.29) is 11.5 Å². The normalized spacial score (nSPS) is 11.4. The van der Waals surface area contributed by atoms with Crippen molar-refractivity contribution in [2.45, 2.75) is 0 Å². The summed E-state index contributed by atoms with van der Waals surface area (Å²) in [7, 11) is 0. The van der Waals surface area contributed by atoms with E-state index in [9.17, 15) is 10.2 Å². The van der Waals surface area contributed by atoms with E-state index in [0.717, 1.165) is 11.0 Å². The van der Waals surface area contributed by atoms with Crippen LogP contribution in [0.5, 0.6) is 11.5 Å². The maximum Gasteiger partial charge on any atom is 0.0544 e. The van der Waals surface area contributed by atoms with Crippen LogP contribution in [0.2, 0.25) is 0 Å². The molecule has 0 unspecified atom stereocenters. The average Bonchev–Trinajstić information content (AvgIpc) is 2.98. The highest BCUT2D eigenvalue weighted by Crippen LogP contribution is 2.39. The third kappa shape index (κ3) is 1.36. The van der Waals surface area contributed by atoms with Crippen molar-refractivity contribution in [1.29, 1.82) is 0 Å². The van der Waals surface area contributed by atoms with E-state index in [4.69, 9.17) is 0 Å². The zero-order chi connectivity index (χ0) is 13.7. The zero-order valence-corrected chi connectivity index (χ0v) is 10.4. The number of hydrogen-bond donors (Lipinski definition) is 2. The molecule has 0 aliphatic rings. The van der Waals surface area contributed by atoms with Gasteiger partial charge in [0.2, 0.25) is 0 Å². The Hall–Kier alpha value is -2.88. The van der Waals surface area contributed by atoms with Crippen molar-refractivity contribution < 1.29 is 10.2 Å². The topological polar surface area (TPSA) is 77.7 Å². The minimum absolute atomic E-state index is 0.149. The van der Waals surface area contributed by atoms with Crippen molar-refractivity contribution in [3.8, 4) is 22.9 Å². The second-order valence-electron chi connectivity index (χ2n) is 4.75. The molecule has 20 heavy (non-hydrogen) atoms. The van der Waals surface area contributed by atoms with Gasteiger partial charge in [-0.1, -0.05) is 47.9 Å². The second kappa shape index (κ2) is 3.81. The Morgan fingerprint density at radius 1 is 0.600 bits per heavy atom. The Kier molecular flexibility index (Phi) is 2.09. The predicted octanol–water partition coefficient (Wildman–Crippen LogP) is 2.46. The molecule has 4 aromatic rings. The van der Waals surface area contributed by atoms with Gasteiger partial charge in [0.05, 0.1) is 11.4 Å². The first-order valence-corrected chi connectivity index (χ1v) is 6.31. The van der Waals surface area contributed by atoms with Gasteiger partial charge in [-0.2, -0.15) is 0 Å². The summed E-state index contributed by atoms with van der Waals surface area (Å²) >= 11 is 0. The molecule has 0 atom stereocenters. The molecule has 0 aliphatic heterocycles. The molecule has 0 amide bonds. The molecule has 4 heteroatoms. The number of aromatic nitrogens is 2. The molecule has 0 aliphatic carbocycles. The first kappa shape index (κ1) is 11.0. The van der Waals surface area contributed by atoms with Gasteiger partial charge in [-0.3, -0.25) is 0 Å². The van der Waals surface area contributed by atoms with E-state index in [1.54, 1.807) is 12.1 Å². The third-order valence-corrected chi connectivity index (χ3v) is 3.57. The van der Waals surface area contributed by atoms with Crippen molar-refractivity contribution in [1.82, 2.24) is 9.97 Å². The molecule has 98 valence electrons. The monoisotopic (exact) mass is 262 g/mol. The number of para-hydroxylation sites is 2. The maximum absolute atomic E-state index is 12.4. The Labute approximate surface area is 114 Å². The minimum Gasteiger partial charge on any atom is -0.871 e. The van der Waals surface area contributed by atoms with Crippen molar-refractivity contribution in [3.63, 3.8) is 0 Å². The first-order valence-electron chi connectivity index (χ1n) is 6.31. The van der Waals surface area contributed by atoms with E-state index < -0.39 is 0 Å². The SMILES string of the molecule is [O-]c1c(-c2[nH]c3ccccc3c2[O-])[nH]c2ccccc12. The Bertz CT molecular complexity index is 856. The fourth-order valence-electron chi connectivity index (χ4n) is 2.58. The molecule has 2 aromatic heterocycles. The molecule has 0 bridgehead atoms. The van der Waals surface area contributed by atoms with E-state index in [1.165, 1.54) is 0 Å². The molecular weight excluding hydrogens is 252 g/mol. The summed E-state index contributed by atoms with van der Waals surface area (Å²) in [5.74, 6) is -0.298. The lowest BCUT2D eigenvalue weighted by Gasteiger charge is -2.11. The summed E-state index contributed by atoms with van der Waals surface area (Å²) in [6.45, 7) is 0. The van der Waals surface area contributed by atoms with Crippen LogP contribution >= 0.6 is 0 Å². The molecule has 0 radical (unpaired) electrons. The van der Waals surface area contributed by atoms with Crippen LogP contribution < -0.4 is 10.2 Å². The van der Waals surface area contributed by atoms with Crippen LogP contribution in [0.4, 0.5) is 0 Å². The summed E-state index contributed by atoms with van der Waals surface area (Å²) in [5, 5.41) is 25.9. The number of nitrogens with one attached hydrogen (secondary N) is 2. The van der Waals surface area contributed by atoms with Crippen LogP contribution in [-0.4, -0.2) is 9.97 Å². The van der Waals surface area contributed by atoms with Crippen molar-refractivity contribution in [3.05, 3.63) is 48.5 Å². The van der Waals surface area contributed by atoms with Gasteiger partial charge in [0, 0.05) is 11.0 Å². The summed E-state index contributed by atoms with van der Waals surface area (Å²) in [6.07, 6.45) is 0. The Morgan fingerprint density at radius 3 is 1.40 bits per heavy atom. The van der Waals surface area contributed by atoms with Gasteiger partial charge < -0.3 is 20.2 Å². The van der Waals surface area contributed by atoms with Crippen molar-refractivity contribution in [2.75, 3.05) is 0 Å². The van der Waals surface area contributed by atoms with E-state index in [0.29, 0.717) is 22.2 Å². The van der Waals surface area contributed by atoms with Gasteiger partial charge >= 0.3 is 0 Å². The summed E-state index contributed by atoms with van der Waals surface area (Å²) < 4.78 is 0. The molecule has 2 aromatic carbocycles. The molecule has 4 rings (SSSR count). The Morgan fingerprint density at radius 2 is 1.00 bits per heavy atom. The summed E-state index contributed by atoms with van der Waals surface area (Å²) in [5.41, 5.74) is 2.14. The molecule has 4 nitrogen and oxygen atoms in total. The molecule has 2 N–H and O–H groups in total. The van der Waals surface area contributed by atoms with Gasteiger partial charge in [-0.15, -0.1) is 0 Å². The standard InChI is InChI=1S/C16H12N2O2/c19-15-9-5-1-3-7-11(9)17-13(15)14-16(20)10-6-2-4-8-12(10)18-14/h1-8,17-20H/p-2. The van der Waals surface area contributed by atoms with Gasteiger partial charge in [-0.25, -0.2) is 0 Å². The van der Waals surface area contributed by atoms with Gasteiger partial charge in [0.1, 0.15) is 0 Å². The van der Waals surface area contributed by atoms with E-state index in [2.05, 4.69) is 9.97 Å². The first-order chi connectivity index (χ1) is 9.75. The number of benzene rings is 2. The van der Waals surface area contributed by atoms with Crippen LogP contribution in [0, 0.1) is 0 Å². The lowest BCUT2D eigenvalue weighted by atomic mass is 10.2. The van der Waals surface area contributed by atoms with Crippen molar-refractivity contribution >= 4 is 21.8 Å². The number of rotatable bonds is 1. The number of hydrogen-bond acceptors (Lipinski definition) is 2. The zero-order valence-electron chi connectivity index (χ0n) is 10.4. The number of fused-ring (bicyclic) bond motifs is 2. The van der Waals surface area contributed by atoms with E-state index in [1.807, 2.05) is 36.4 Å². The summed E-state index contributed by atoms with van der Waals surface area (Å²) in [6, 6.07) is 14.5. The highest BCUT2D eigenvalue weighted by molar-refractivity contribution is 5.98. The predicted molar refractivity (Wildman–Crippen MR) is 74.5 cm³/mol. The summed E-state index contributed by atoms with van der Waals surface area (Å²) in [4.78, 5) is 6.08. The fourth-order valence-corrected chi connectivity index (χ4v) is 2.58. The van der Waals surface area contributed by atoms with Crippen LogP contribution in [0.3, 0.4) is 0 Å². The molecule has 2 heterocycles. The quantitative estimate of drug-likeness (QED) is 0.552. The lowest BCUT2D eigenvalue weighted by molar-refractivity contribution is -0.268. The molecule has 0 saturated carbocycles. The van der Waals surface area contributed by atoms with Crippen molar-refractivity contribution in [2.24, 2.45) is 0 Å². The smallest absolute Gasteiger partial charge is 0.0544 e. The fraction of sp³-hybridized carbons (Fsp3) is 0. The van der Waals surface area contributed by atoms with Crippen LogP contribution in [0.25, 0.3) is 33.2 Å². The lowest BCUT2D eigenvalue weighted by Crippen LogP contribution is -1.95. The highest BCUT2D eigenvalue weighted by Gasteiger charge is 2.10. The second-order valence-corrected chi connectivity index (χ2v) is 4.75. The molecule has 0 saturated heterocycles. The van der Waals surface area contributed by atoms with Crippen LogP contribution in [0.1, 0.15) is 0 Å². The third-order valence-electron chi connectivity index (χ3n) is 3.57. The van der Waals surface area contributed by atoms with Gasteiger partial charge in [-0.05, 0) is 22.9 Å². The highest BCUT2D eigenvalue weighted by atomic mass is 16.3. The van der Waals surface area contributed by atoms with Gasteiger partial charge in [0.15, 0.2) is 0 Å². The van der Waals surface area contributed by atoms with Crippen LogP contribution in [-0.2, 0) is 0 Å². The Balaban J connectivity index is 2.06. The molecule has 0 spiro atoms. The van der Waals surface area contributed by atoms with Crippen LogP contribution in [0.15, 0.2) is 48.5 Å². The van der Waals surface area contributed by atoms with Gasteiger partial charge in [0.25, 0.3) is 0 Å². The molecule has 0 fully saturated rings. The number of H-pyrrole nitrogens is 2.